The minimum absolute atomic E-state index is 0.285. The summed E-state index contributed by atoms with van der Waals surface area (Å²) in [6.45, 7) is 7.92. The summed E-state index contributed by atoms with van der Waals surface area (Å²) in [4.78, 5) is 0. The van der Waals surface area contributed by atoms with Crippen LogP contribution < -0.4 is 5.32 Å². The maximum absolute atomic E-state index is 5.83. The Morgan fingerprint density at radius 3 is 2.81 bits per heavy atom. The Balaban J connectivity index is 2.50. The van der Waals surface area contributed by atoms with Gasteiger partial charge in [-0.05, 0) is 41.9 Å². The number of nitrogens with one attached hydrogen (secondary N) is 1. The Kier molecular flexibility index (Phi) is 3.16. The van der Waals surface area contributed by atoms with E-state index in [0.29, 0.717) is 5.88 Å². The molecule has 0 saturated carbocycles. The molecule has 0 spiro atoms. The molecule has 0 bridgehead atoms. The Morgan fingerprint density at radius 2 is 2.12 bits per heavy atom. The van der Waals surface area contributed by atoms with Gasteiger partial charge in [0.25, 0.3) is 0 Å². The summed E-state index contributed by atoms with van der Waals surface area (Å²) in [5.74, 6) is 0.700. The van der Waals surface area contributed by atoms with E-state index >= 15 is 0 Å². The average molecular weight is 238 g/mol. The van der Waals surface area contributed by atoms with Gasteiger partial charge in [0.2, 0.25) is 0 Å². The first-order valence-corrected chi connectivity index (χ1v) is 6.52. The molecule has 1 aliphatic rings. The number of hydrogen-bond acceptors (Lipinski definition) is 1. The first-order chi connectivity index (χ1) is 7.54. The topological polar surface area (TPSA) is 12.0 Å². The van der Waals surface area contributed by atoms with Crippen molar-refractivity contribution in [2.75, 3.05) is 17.7 Å². The van der Waals surface area contributed by atoms with E-state index in [1.807, 2.05) is 0 Å². The van der Waals surface area contributed by atoms with Crippen LogP contribution in [0.3, 0.4) is 0 Å². The lowest BCUT2D eigenvalue weighted by molar-refractivity contribution is 0.481. The molecule has 2 rings (SSSR count). The normalized spacial score (nSPS) is 17.8. The predicted molar refractivity (Wildman–Crippen MR) is 71.7 cm³/mol. The standard InChI is InChI=1S/C14H20ClN/c1-10-8-11(4-6-15)9-12-13(10)16-7-5-14(12,2)3/h8-9,16H,4-7H2,1-3H3. The van der Waals surface area contributed by atoms with Crippen LogP contribution in [-0.2, 0) is 11.8 Å². The molecule has 0 radical (unpaired) electrons. The molecule has 1 heterocycles. The summed E-state index contributed by atoms with van der Waals surface area (Å²) in [7, 11) is 0. The molecule has 1 aromatic carbocycles. The van der Waals surface area contributed by atoms with E-state index in [2.05, 4.69) is 38.2 Å². The van der Waals surface area contributed by atoms with Crippen molar-refractivity contribution in [3.63, 3.8) is 0 Å². The van der Waals surface area contributed by atoms with Gasteiger partial charge in [0.05, 0.1) is 0 Å². The van der Waals surface area contributed by atoms with Crippen molar-refractivity contribution < 1.29 is 0 Å². The fourth-order valence-corrected chi connectivity index (χ4v) is 2.74. The summed E-state index contributed by atoms with van der Waals surface area (Å²) in [5.41, 5.74) is 5.80. The average Bonchev–Trinajstić information content (AvgIpc) is 2.20. The second-order valence-electron chi connectivity index (χ2n) is 5.33. The summed E-state index contributed by atoms with van der Waals surface area (Å²) in [5, 5.41) is 3.52. The quantitative estimate of drug-likeness (QED) is 0.770. The molecule has 0 atom stereocenters. The van der Waals surface area contributed by atoms with Crippen LogP contribution in [0.25, 0.3) is 0 Å². The van der Waals surface area contributed by atoms with Gasteiger partial charge in [-0.1, -0.05) is 26.0 Å². The molecule has 0 aliphatic carbocycles. The highest BCUT2D eigenvalue weighted by Gasteiger charge is 2.28. The molecule has 1 N–H and O–H groups in total. The lowest BCUT2D eigenvalue weighted by Gasteiger charge is -2.34. The Morgan fingerprint density at radius 1 is 1.38 bits per heavy atom. The molecular weight excluding hydrogens is 218 g/mol. The number of anilines is 1. The fourth-order valence-electron chi connectivity index (χ4n) is 2.52. The molecule has 0 aromatic heterocycles. The Hall–Kier alpha value is -0.690. The molecule has 16 heavy (non-hydrogen) atoms. The van der Waals surface area contributed by atoms with Gasteiger partial charge in [-0.15, -0.1) is 11.6 Å². The van der Waals surface area contributed by atoms with Gasteiger partial charge in [0, 0.05) is 18.1 Å². The minimum atomic E-state index is 0.285. The summed E-state index contributed by atoms with van der Waals surface area (Å²) >= 11 is 5.83. The number of halogens is 1. The van der Waals surface area contributed by atoms with Crippen molar-refractivity contribution in [3.8, 4) is 0 Å². The van der Waals surface area contributed by atoms with Crippen LogP contribution in [0.2, 0.25) is 0 Å². The van der Waals surface area contributed by atoms with Crippen LogP contribution >= 0.6 is 11.6 Å². The van der Waals surface area contributed by atoms with E-state index in [1.165, 1.54) is 28.8 Å². The van der Waals surface area contributed by atoms with E-state index in [-0.39, 0.29) is 5.41 Å². The van der Waals surface area contributed by atoms with Crippen molar-refractivity contribution in [3.05, 3.63) is 28.8 Å². The fraction of sp³-hybridized carbons (Fsp3) is 0.571. The summed E-state index contributed by atoms with van der Waals surface area (Å²) in [6.07, 6.45) is 2.16. The van der Waals surface area contributed by atoms with Gasteiger partial charge in [-0.3, -0.25) is 0 Å². The second-order valence-corrected chi connectivity index (χ2v) is 5.71. The number of alkyl halides is 1. The molecule has 0 saturated heterocycles. The van der Waals surface area contributed by atoms with Crippen LogP contribution in [0.15, 0.2) is 12.1 Å². The molecular formula is C14H20ClN. The molecule has 0 fully saturated rings. The van der Waals surface area contributed by atoms with Crippen LogP contribution in [-0.4, -0.2) is 12.4 Å². The van der Waals surface area contributed by atoms with Crippen LogP contribution in [0, 0.1) is 6.92 Å². The lowest BCUT2D eigenvalue weighted by Crippen LogP contribution is -2.29. The number of aryl methyl sites for hydroxylation is 2. The van der Waals surface area contributed by atoms with E-state index in [9.17, 15) is 0 Å². The molecule has 88 valence electrons. The number of fused-ring (bicyclic) bond motifs is 1. The predicted octanol–water partition coefficient (Wildman–Crippen LogP) is 3.87. The van der Waals surface area contributed by atoms with Crippen molar-refractivity contribution >= 4 is 17.3 Å². The highest BCUT2D eigenvalue weighted by molar-refractivity contribution is 6.18. The van der Waals surface area contributed by atoms with E-state index in [0.717, 1.165) is 13.0 Å². The lowest BCUT2D eigenvalue weighted by atomic mass is 9.76. The third-order valence-electron chi connectivity index (χ3n) is 3.56. The second kappa shape index (κ2) is 4.29. The van der Waals surface area contributed by atoms with Crippen molar-refractivity contribution in [1.29, 1.82) is 0 Å². The summed E-state index contributed by atoms with van der Waals surface area (Å²) < 4.78 is 0. The number of rotatable bonds is 2. The van der Waals surface area contributed by atoms with Gasteiger partial charge in [0.1, 0.15) is 0 Å². The van der Waals surface area contributed by atoms with Gasteiger partial charge in [-0.2, -0.15) is 0 Å². The van der Waals surface area contributed by atoms with Crippen LogP contribution in [0.4, 0.5) is 5.69 Å². The van der Waals surface area contributed by atoms with Gasteiger partial charge in [-0.25, -0.2) is 0 Å². The molecule has 1 aromatic rings. The van der Waals surface area contributed by atoms with Crippen molar-refractivity contribution in [1.82, 2.24) is 0 Å². The van der Waals surface area contributed by atoms with Crippen LogP contribution in [0.5, 0.6) is 0 Å². The number of benzene rings is 1. The highest BCUT2D eigenvalue weighted by Crippen LogP contribution is 2.39. The Labute approximate surface area is 103 Å². The third-order valence-corrected chi connectivity index (χ3v) is 3.75. The minimum Gasteiger partial charge on any atom is -0.385 e. The Bertz CT molecular complexity index is 396. The molecule has 1 aliphatic heterocycles. The molecule has 0 amide bonds. The van der Waals surface area contributed by atoms with E-state index < -0.39 is 0 Å². The highest BCUT2D eigenvalue weighted by atomic mass is 35.5. The number of hydrogen-bond donors (Lipinski definition) is 1. The summed E-state index contributed by atoms with van der Waals surface area (Å²) in [6, 6.07) is 4.59. The molecule has 1 nitrogen and oxygen atoms in total. The maximum Gasteiger partial charge on any atom is 0.0408 e. The van der Waals surface area contributed by atoms with Gasteiger partial charge >= 0.3 is 0 Å². The third kappa shape index (κ3) is 2.06. The van der Waals surface area contributed by atoms with Crippen molar-refractivity contribution in [2.24, 2.45) is 0 Å². The van der Waals surface area contributed by atoms with Gasteiger partial charge < -0.3 is 5.32 Å². The SMILES string of the molecule is Cc1cc(CCCl)cc2c1NCCC2(C)C. The monoisotopic (exact) mass is 237 g/mol. The van der Waals surface area contributed by atoms with E-state index in [4.69, 9.17) is 11.6 Å². The van der Waals surface area contributed by atoms with Gasteiger partial charge in [0.15, 0.2) is 0 Å². The smallest absolute Gasteiger partial charge is 0.0408 e. The van der Waals surface area contributed by atoms with Crippen molar-refractivity contribution in [2.45, 2.75) is 39.0 Å². The van der Waals surface area contributed by atoms with Crippen LogP contribution in [0.1, 0.15) is 37.0 Å². The first-order valence-electron chi connectivity index (χ1n) is 5.98. The largest absolute Gasteiger partial charge is 0.385 e. The first kappa shape index (κ1) is 11.8. The van der Waals surface area contributed by atoms with E-state index in [1.54, 1.807) is 0 Å². The zero-order valence-corrected chi connectivity index (χ0v) is 11.1. The zero-order valence-electron chi connectivity index (χ0n) is 10.4. The zero-order chi connectivity index (χ0) is 11.8. The maximum atomic E-state index is 5.83. The molecule has 2 heteroatoms. The molecule has 0 unspecified atom stereocenters.